The minimum absolute atomic E-state index is 0.0627. The summed E-state index contributed by atoms with van der Waals surface area (Å²) in [5.74, 6) is -0.824. The molecule has 0 fully saturated rings. The molecule has 1 aromatic rings. The molecular formula is C10H9N2O3+. The number of carbonyl (C=O) groups excluding carboxylic acids is 2. The van der Waals surface area contributed by atoms with E-state index in [-0.39, 0.29) is 17.0 Å². The van der Waals surface area contributed by atoms with E-state index in [0.29, 0.717) is 5.56 Å². The number of esters is 1. The van der Waals surface area contributed by atoms with Gasteiger partial charge in [0, 0.05) is 11.6 Å². The number of hydrogen-bond donors (Lipinski definition) is 0. The van der Waals surface area contributed by atoms with Crippen LogP contribution in [-0.2, 0) is 4.74 Å². The van der Waals surface area contributed by atoms with Gasteiger partial charge in [0.25, 0.3) is 0 Å². The van der Waals surface area contributed by atoms with E-state index in [1.54, 1.807) is 0 Å². The summed E-state index contributed by atoms with van der Waals surface area (Å²) in [6.45, 7) is 1.38. The van der Waals surface area contributed by atoms with Gasteiger partial charge in [-0.2, -0.15) is 0 Å². The Labute approximate surface area is 86.3 Å². The molecule has 0 atom stereocenters. The van der Waals surface area contributed by atoms with Crippen molar-refractivity contribution in [1.29, 1.82) is 5.39 Å². The number of rotatable bonds is 2. The molecule has 0 aliphatic carbocycles. The van der Waals surface area contributed by atoms with Gasteiger partial charge in [-0.3, -0.25) is 4.79 Å². The third kappa shape index (κ3) is 2.17. The Balaban J connectivity index is 3.33. The molecule has 0 amide bonds. The van der Waals surface area contributed by atoms with Crippen LogP contribution in [0.25, 0.3) is 4.98 Å². The largest absolute Gasteiger partial charge is 0.465 e. The van der Waals surface area contributed by atoms with Crippen molar-refractivity contribution in [3.05, 3.63) is 34.3 Å². The molecule has 0 radical (unpaired) electrons. The summed E-state index contributed by atoms with van der Waals surface area (Å²) in [5.41, 5.74) is 0.502. The quantitative estimate of drug-likeness (QED) is 0.421. The molecule has 15 heavy (non-hydrogen) atoms. The Morgan fingerprint density at radius 1 is 1.40 bits per heavy atom. The third-order valence-electron chi connectivity index (χ3n) is 1.92. The number of nitrogens with zero attached hydrogens (tertiary/aromatic N) is 2. The van der Waals surface area contributed by atoms with E-state index in [4.69, 9.17) is 5.39 Å². The van der Waals surface area contributed by atoms with Crippen molar-refractivity contribution in [1.82, 2.24) is 0 Å². The molecule has 0 aromatic heterocycles. The first-order valence-corrected chi connectivity index (χ1v) is 4.18. The Morgan fingerprint density at radius 3 is 2.53 bits per heavy atom. The maximum absolute atomic E-state index is 11.3. The summed E-state index contributed by atoms with van der Waals surface area (Å²) in [6.07, 6.45) is 0. The summed E-state index contributed by atoms with van der Waals surface area (Å²) < 4.78 is 4.49. The maximum atomic E-state index is 11.3. The average Bonchev–Trinajstić information content (AvgIpc) is 2.27. The lowest BCUT2D eigenvalue weighted by atomic mass is 10.1. The van der Waals surface area contributed by atoms with Gasteiger partial charge in [0.2, 0.25) is 5.39 Å². The van der Waals surface area contributed by atoms with Crippen LogP contribution in [0.4, 0.5) is 5.69 Å². The fraction of sp³-hybridized carbons (Fsp3) is 0.200. The first-order valence-electron chi connectivity index (χ1n) is 4.18. The van der Waals surface area contributed by atoms with Crippen molar-refractivity contribution >= 4 is 17.4 Å². The van der Waals surface area contributed by atoms with Gasteiger partial charge in [0.1, 0.15) is 0 Å². The number of ether oxygens (including phenoxy) is 1. The maximum Gasteiger partial charge on any atom is 0.399 e. The zero-order valence-corrected chi connectivity index (χ0v) is 8.35. The van der Waals surface area contributed by atoms with Crippen molar-refractivity contribution in [2.24, 2.45) is 0 Å². The van der Waals surface area contributed by atoms with Crippen LogP contribution in [0.1, 0.15) is 27.6 Å². The van der Waals surface area contributed by atoms with E-state index in [2.05, 4.69) is 9.71 Å². The van der Waals surface area contributed by atoms with E-state index < -0.39 is 5.97 Å². The van der Waals surface area contributed by atoms with Crippen LogP contribution in [0.15, 0.2) is 18.2 Å². The first kappa shape index (κ1) is 10.9. The molecule has 5 nitrogen and oxygen atoms in total. The summed E-state index contributed by atoms with van der Waals surface area (Å²) in [5, 5.41) is 8.62. The fourth-order valence-electron chi connectivity index (χ4n) is 1.12. The molecule has 1 rings (SSSR count). The van der Waals surface area contributed by atoms with E-state index in [1.807, 2.05) is 0 Å². The summed E-state index contributed by atoms with van der Waals surface area (Å²) >= 11 is 0. The van der Waals surface area contributed by atoms with Crippen LogP contribution in [-0.4, -0.2) is 18.9 Å². The van der Waals surface area contributed by atoms with Gasteiger partial charge in [0.15, 0.2) is 16.3 Å². The highest BCUT2D eigenvalue weighted by atomic mass is 16.5. The van der Waals surface area contributed by atoms with Crippen LogP contribution in [0.2, 0.25) is 0 Å². The molecule has 0 unspecified atom stereocenters. The SMILES string of the molecule is COC(=O)c1cc(C(C)=O)ccc1[N+]#N. The molecule has 0 saturated carbocycles. The highest BCUT2D eigenvalue weighted by molar-refractivity contribution is 6.01. The van der Waals surface area contributed by atoms with E-state index >= 15 is 0 Å². The van der Waals surface area contributed by atoms with Crippen molar-refractivity contribution in [3.63, 3.8) is 0 Å². The zero-order valence-electron chi connectivity index (χ0n) is 8.35. The molecule has 0 aliphatic rings. The second-order valence-electron chi connectivity index (χ2n) is 2.88. The molecule has 5 heteroatoms. The average molecular weight is 205 g/mol. The lowest BCUT2D eigenvalue weighted by molar-refractivity contribution is 0.0602. The number of benzene rings is 1. The molecule has 0 spiro atoms. The highest BCUT2D eigenvalue weighted by Gasteiger charge is 2.22. The minimum Gasteiger partial charge on any atom is -0.465 e. The van der Waals surface area contributed by atoms with Gasteiger partial charge in [-0.05, 0) is 19.1 Å². The smallest absolute Gasteiger partial charge is 0.399 e. The Hall–Kier alpha value is -2.22. The highest BCUT2D eigenvalue weighted by Crippen LogP contribution is 2.21. The number of carbonyl (C=O) groups is 2. The van der Waals surface area contributed by atoms with E-state index in [9.17, 15) is 9.59 Å². The lowest BCUT2D eigenvalue weighted by Crippen LogP contribution is -2.03. The van der Waals surface area contributed by atoms with Gasteiger partial charge in [-0.25, -0.2) is 4.79 Å². The van der Waals surface area contributed by atoms with Gasteiger partial charge in [-0.15, -0.1) is 0 Å². The normalized spacial score (nSPS) is 9.13. The third-order valence-corrected chi connectivity index (χ3v) is 1.92. The summed E-state index contributed by atoms with van der Waals surface area (Å²) in [4.78, 5) is 25.3. The van der Waals surface area contributed by atoms with Gasteiger partial charge >= 0.3 is 11.7 Å². The van der Waals surface area contributed by atoms with E-state index in [1.165, 1.54) is 32.2 Å². The zero-order chi connectivity index (χ0) is 11.4. The molecule has 0 aliphatic heterocycles. The van der Waals surface area contributed by atoms with Gasteiger partial charge < -0.3 is 4.74 Å². The van der Waals surface area contributed by atoms with Crippen LogP contribution in [0.5, 0.6) is 0 Å². The first-order chi connectivity index (χ1) is 7.10. The fourth-order valence-corrected chi connectivity index (χ4v) is 1.12. The number of hydrogen-bond acceptors (Lipinski definition) is 4. The van der Waals surface area contributed by atoms with E-state index in [0.717, 1.165) is 0 Å². The predicted molar refractivity (Wildman–Crippen MR) is 52.5 cm³/mol. The number of ketones is 1. The number of Topliss-reactive ketones (excluding diaryl/α,β-unsaturated/α-hetero) is 1. The second kappa shape index (κ2) is 4.33. The Morgan fingerprint density at radius 2 is 2.07 bits per heavy atom. The summed E-state index contributed by atoms with van der Waals surface area (Å²) in [6, 6.07) is 4.19. The Bertz CT molecular complexity index is 460. The van der Waals surface area contributed by atoms with Crippen LogP contribution >= 0.6 is 0 Å². The Kier molecular flexibility index (Phi) is 3.13. The molecule has 0 N–H and O–H groups in total. The lowest BCUT2D eigenvalue weighted by Gasteiger charge is -1.98. The molecule has 0 bridgehead atoms. The number of diazo groups is 1. The topological polar surface area (TPSA) is 71.5 Å². The van der Waals surface area contributed by atoms with Crippen molar-refractivity contribution < 1.29 is 14.3 Å². The molecule has 76 valence electrons. The van der Waals surface area contributed by atoms with Crippen LogP contribution < -0.4 is 0 Å². The monoisotopic (exact) mass is 205 g/mol. The minimum atomic E-state index is -0.647. The molecule has 0 saturated heterocycles. The van der Waals surface area contributed by atoms with Crippen molar-refractivity contribution in [2.75, 3.05) is 7.11 Å². The second-order valence-corrected chi connectivity index (χ2v) is 2.88. The van der Waals surface area contributed by atoms with Crippen molar-refractivity contribution in [3.8, 4) is 0 Å². The van der Waals surface area contributed by atoms with Crippen LogP contribution in [0, 0.1) is 5.39 Å². The number of methoxy groups -OCH3 is 1. The van der Waals surface area contributed by atoms with Crippen molar-refractivity contribution in [2.45, 2.75) is 6.92 Å². The molecule has 1 aromatic carbocycles. The molecular weight excluding hydrogens is 196 g/mol. The standard InChI is InChI=1S/C10H9N2O3/c1-6(13)7-3-4-9(12-11)8(5-7)10(14)15-2/h3-5H,1-2H3/q+1. The molecule has 0 heterocycles. The van der Waals surface area contributed by atoms with Gasteiger partial charge in [-0.1, -0.05) is 0 Å². The predicted octanol–water partition coefficient (Wildman–Crippen LogP) is 2.16. The van der Waals surface area contributed by atoms with Gasteiger partial charge in [0.05, 0.1) is 7.11 Å². The van der Waals surface area contributed by atoms with Crippen LogP contribution in [0.3, 0.4) is 0 Å². The summed E-state index contributed by atoms with van der Waals surface area (Å²) in [7, 11) is 1.21.